The van der Waals surface area contributed by atoms with Crippen molar-refractivity contribution in [3.63, 3.8) is 0 Å². The lowest BCUT2D eigenvalue weighted by Crippen LogP contribution is -2.30. The number of benzene rings is 1. The molecule has 0 spiro atoms. The molecule has 5 nitrogen and oxygen atoms in total. The molecule has 1 aromatic heterocycles. The van der Waals surface area contributed by atoms with E-state index in [0.29, 0.717) is 5.56 Å². The standard InChI is InChI=1S/C18H23N3O2/c1-13(2)21-18(22)15-10-16(12-19-11-15)20-9-8-14-6-4-5-7-17(14)23-3/h4-7,10-13,20H,8-9H2,1-3H3,(H,21,22). The van der Waals surface area contributed by atoms with Crippen LogP contribution in [0.25, 0.3) is 0 Å². The molecule has 23 heavy (non-hydrogen) atoms. The van der Waals surface area contributed by atoms with E-state index in [-0.39, 0.29) is 11.9 Å². The Labute approximate surface area is 137 Å². The van der Waals surface area contributed by atoms with E-state index >= 15 is 0 Å². The molecular formula is C18H23N3O2. The van der Waals surface area contributed by atoms with Crippen molar-refractivity contribution in [3.8, 4) is 5.75 Å². The molecule has 0 radical (unpaired) electrons. The summed E-state index contributed by atoms with van der Waals surface area (Å²) in [6.07, 6.45) is 4.12. The van der Waals surface area contributed by atoms with Gasteiger partial charge in [-0.05, 0) is 38.0 Å². The van der Waals surface area contributed by atoms with Crippen molar-refractivity contribution in [1.82, 2.24) is 10.3 Å². The van der Waals surface area contributed by atoms with Gasteiger partial charge in [0.05, 0.1) is 18.4 Å². The van der Waals surface area contributed by atoms with E-state index in [0.717, 1.165) is 30.0 Å². The van der Waals surface area contributed by atoms with Crippen LogP contribution < -0.4 is 15.4 Å². The van der Waals surface area contributed by atoms with Crippen LogP contribution in [0, 0.1) is 0 Å². The van der Waals surface area contributed by atoms with E-state index in [9.17, 15) is 4.79 Å². The van der Waals surface area contributed by atoms with Crippen molar-refractivity contribution in [2.24, 2.45) is 0 Å². The van der Waals surface area contributed by atoms with Gasteiger partial charge in [0.1, 0.15) is 5.75 Å². The van der Waals surface area contributed by atoms with E-state index in [1.54, 1.807) is 19.5 Å². The average molecular weight is 313 g/mol. The van der Waals surface area contributed by atoms with Crippen LogP contribution in [0.3, 0.4) is 0 Å². The Morgan fingerprint density at radius 3 is 2.78 bits per heavy atom. The van der Waals surface area contributed by atoms with Gasteiger partial charge in [0.25, 0.3) is 5.91 Å². The third-order valence-corrected chi connectivity index (χ3v) is 3.34. The third-order valence-electron chi connectivity index (χ3n) is 3.34. The fraction of sp³-hybridized carbons (Fsp3) is 0.333. The van der Waals surface area contributed by atoms with Gasteiger partial charge >= 0.3 is 0 Å². The molecule has 0 aliphatic carbocycles. The predicted molar refractivity (Wildman–Crippen MR) is 92.0 cm³/mol. The number of amides is 1. The molecule has 5 heteroatoms. The maximum absolute atomic E-state index is 12.0. The minimum Gasteiger partial charge on any atom is -0.496 e. The number of carbonyl (C=O) groups is 1. The largest absolute Gasteiger partial charge is 0.496 e. The van der Waals surface area contributed by atoms with E-state index in [1.807, 2.05) is 44.2 Å². The molecule has 0 aliphatic heterocycles. The Bertz CT molecular complexity index is 656. The van der Waals surface area contributed by atoms with Gasteiger partial charge < -0.3 is 15.4 Å². The van der Waals surface area contributed by atoms with Crippen molar-refractivity contribution < 1.29 is 9.53 Å². The number of carbonyl (C=O) groups excluding carboxylic acids is 1. The Kier molecular flexibility index (Phi) is 5.97. The van der Waals surface area contributed by atoms with E-state index < -0.39 is 0 Å². The zero-order valence-corrected chi connectivity index (χ0v) is 13.8. The van der Waals surface area contributed by atoms with E-state index in [4.69, 9.17) is 4.74 Å². The summed E-state index contributed by atoms with van der Waals surface area (Å²) >= 11 is 0. The zero-order chi connectivity index (χ0) is 16.7. The van der Waals surface area contributed by atoms with E-state index in [1.165, 1.54) is 0 Å². The molecule has 1 amide bonds. The molecule has 0 aliphatic rings. The minimum atomic E-state index is -0.110. The van der Waals surface area contributed by atoms with Gasteiger partial charge in [0, 0.05) is 25.0 Å². The molecular weight excluding hydrogens is 290 g/mol. The highest BCUT2D eigenvalue weighted by atomic mass is 16.5. The fourth-order valence-electron chi connectivity index (χ4n) is 2.26. The third kappa shape index (κ3) is 4.98. The first-order chi connectivity index (χ1) is 11.1. The van der Waals surface area contributed by atoms with Crippen LogP contribution in [0.15, 0.2) is 42.7 Å². The smallest absolute Gasteiger partial charge is 0.253 e. The number of methoxy groups -OCH3 is 1. The van der Waals surface area contributed by atoms with Crippen molar-refractivity contribution >= 4 is 11.6 Å². The zero-order valence-electron chi connectivity index (χ0n) is 13.8. The molecule has 0 saturated heterocycles. The second-order valence-corrected chi connectivity index (χ2v) is 5.58. The Hall–Kier alpha value is -2.56. The molecule has 2 rings (SSSR count). The van der Waals surface area contributed by atoms with Crippen molar-refractivity contribution in [2.45, 2.75) is 26.3 Å². The number of hydrogen-bond donors (Lipinski definition) is 2. The Morgan fingerprint density at radius 1 is 1.26 bits per heavy atom. The van der Waals surface area contributed by atoms with Gasteiger partial charge in [-0.3, -0.25) is 9.78 Å². The number of pyridine rings is 1. The maximum atomic E-state index is 12.0. The van der Waals surface area contributed by atoms with Crippen molar-refractivity contribution in [1.29, 1.82) is 0 Å². The summed E-state index contributed by atoms with van der Waals surface area (Å²) in [5.41, 5.74) is 2.53. The second kappa shape index (κ2) is 8.17. The second-order valence-electron chi connectivity index (χ2n) is 5.58. The SMILES string of the molecule is COc1ccccc1CCNc1cncc(C(=O)NC(C)C)c1. The highest BCUT2D eigenvalue weighted by Crippen LogP contribution is 2.18. The quantitative estimate of drug-likeness (QED) is 0.825. The summed E-state index contributed by atoms with van der Waals surface area (Å²) in [7, 11) is 1.67. The lowest BCUT2D eigenvalue weighted by molar-refractivity contribution is 0.0943. The monoisotopic (exact) mass is 313 g/mol. The minimum absolute atomic E-state index is 0.102. The number of rotatable bonds is 7. The molecule has 122 valence electrons. The number of nitrogens with zero attached hydrogens (tertiary/aromatic N) is 1. The first kappa shape index (κ1) is 16.8. The Morgan fingerprint density at radius 2 is 2.04 bits per heavy atom. The summed E-state index contributed by atoms with van der Waals surface area (Å²) < 4.78 is 5.34. The van der Waals surface area contributed by atoms with Crippen LogP contribution in [0.1, 0.15) is 29.8 Å². The predicted octanol–water partition coefficient (Wildman–Crippen LogP) is 2.88. The molecule has 0 fully saturated rings. The van der Waals surface area contributed by atoms with Crippen LogP contribution in [0.2, 0.25) is 0 Å². The molecule has 2 N–H and O–H groups in total. The molecule has 1 heterocycles. The van der Waals surface area contributed by atoms with Crippen LogP contribution in [-0.2, 0) is 6.42 Å². The lowest BCUT2D eigenvalue weighted by atomic mass is 10.1. The number of nitrogens with one attached hydrogen (secondary N) is 2. The van der Waals surface area contributed by atoms with Gasteiger partial charge in [-0.25, -0.2) is 0 Å². The molecule has 2 aromatic rings. The van der Waals surface area contributed by atoms with Crippen LogP contribution in [0.5, 0.6) is 5.75 Å². The topological polar surface area (TPSA) is 63.2 Å². The van der Waals surface area contributed by atoms with Crippen LogP contribution >= 0.6 is 0 Å². The summed E-state index contributed by atoms with van der Waals surface area (Å²) in [6.45, 7) is 4.60. The van der Waals surface area contributed by atoms with Crippen LogP contribution in [-0.4, -0.2) is 30.6 Å². The first-order valence-electron chi connectivity index (χ1n) is 7.72. The van der Waals surface area contributed by atoms with Gasteiger partial charge in [0.15, 0.2) is 0 Å². The van der Waals surface area contributed by atoms with E-state index in [2.05, 4.69) is 15.6 Å². The molecule has 0 unspecified atom stereocenters. The number of ether oxygens (including phenoxy) is 1. The van der Waals surface area contributed by atoms with Crippen molar-refractivity contribution in [2.75, 3.05) is 19.0 Å². The molecule has 0 bridgehead atoms. The normalized spacial score (nSPS) is 10.4. The summed E-state index contributed by atoms with van der Waals surface area (Å²) in [5.74, 6) is 0.776. The van der Waals surface area contributed by atoms with Gasteiger partial charge in [-0.15, -0.1) is 0 Å². The average Bonchev–Trinajstić information content (AvgIpc) is 2.55. The highest BCUT2D eigenvalue weighted by molar-refractivity contribution is 5.94. The maximum Gasteiger partial charge on any atom is 0.253 e. The first-order valence-corrected chi connectivity index (χ1v) is 7.72. The number of anilines is 1. The summed E-state index contributed by atoms with van der Waals surface area (Å²) in [5, 5.41) is 6.16. The van der Waals surface area contributed by atoms with Gasteiger partial charge in [-0.1, -0.05) is 18.2 Å². The van der Waals surface area contributed by atoms with Gasteiger partial charge in [-0.2, -0.15) is 0 Å². The molecule has 1 aromatic carbocycles. The Balaban J connectivity index is 1.94. The van der Waals surface area contributed by atoms with Crippen LogP contribution in [0.4, 0.5) is 5.69 Å². The summed E-state index contributed by atoms with van der Waals surface area (Å²) in [4.78, 5) is 16.1. The van der Waals surface area contributed by atoms with Gasteiger partial charge in [0.2, 0.25) is 0 Å². The van der Waals surface area contributed by atoms with Crippen molar-refractivity contribution in [3.05, 3.63) is 53.9 Å². The fourth-order valence-corrected chi connectivity index (χ4v) is 2.26. The highest BCUT2D eigenvalue weighted by Gasteiger charge is 2.08. The number of para-hydroxylation sites is 1. The molecule has 0 atom stereocenters. The summed E-state index contributed by atoms with van der Waals surface area (Å²) in [6, 6.07) is 9.86. The molecule has 0 saturated carbocycles. The number of hydrogen-bond acceptors (Lipinski definition) is 4. The number of aromatic nitrogens is 1. The lowest BCUT2D eigenvalue weighted by Gasteiger charge is -2.11.